The number of nitrogens with one attached hydrogen (secondary N) is 1. The van der Waals surface area contributed by atoms with Crippen LogP contribution in [-0.2, 0) is 4.74 Å². The molecule has 80 valence electrons. The van der Waals surface area contributed by atoms with Crippen LogP contribution in [-0.4, -0.2) is 11.6 Å². The summed E-state index contributed by atoms with van der Waals surface area (Å²) in [6.07, 6.45) is 4.39. The molecule has 0 spiro atoms. The van der Waals surface area contributed by atoms with Crippen LogP contribution in [0.5, 0.6) is 0 Å². The largest absolute Gasteiger partial charge is 0.373 e. The van der Waals surface area contributed by atoms with Crippen LogP contribution in [0.2, 0.25) is 0 Å². The number of ether oxygens (including phenoxy) is 1. The van der Waals surface area contributed by atoms with Crippen molar-refractivity contribution < 1.29 is 4.74 Å². The topological polar surface area (TPSA) is 48.8 Å². The predicted octanol–water partition coefficient (Wildman–Crippen LogP) is 2.89. The van der Waals surface area contributed by atoms with Gasteiger partial charge in [-0.3, -0.25) is 0 Å². The van der Waals surface area contributed by atoms with E-state index in [-0.39, 0.29) is 6.10 Å². The molecular weight excluding hydrogens is 200 g/mol. The van der Waals surface area contributed by atoms with E-state index in [1.807, 2.05) is 24.4 Å². The summed E-state index contributed by atoms with van der Waals surface area (Å²) in [5, 5.41) is 10.0. The molecule has 16 heavy (non-hydrogen) atoms. The lowest BCUT2D eigenvalue weighted by molar-refractivity contribution is 0.113. The molecule has 0 radical (unpaired) electrons. The quantitative estimate of drug-likeness (QED) is 0.790. The SMILES string of the molecule is N#Cc1ccc2[nH]cc(C3CCCO3)c2c1. The van der Waals surface area contributed by atoms with Crippen LogP contribution in [0.3, 0.4) is 0 Å². The van der Waals surface area contributed by atoms with E-state index in [2.05, 4.69) is 11.1 Å². The third-order valence-corrected chi connectivity index (χ3v) is 3.12. The lowest BCUT2D eigenvalue weighted by Crippen LogP contribution is -1.93. The van der Waals surface area contributed by atoms with Gasteiger partial charge in [0.1, 0.15) is 0 Å². The molecule has 0 bridgehead atoms. The maximum atomic E-state index is 8.90. The second-order valence-corrected chi connectivity index (χ2v) is 4.12. The molecule has 0 amide bonds. The molecule has 1 aliphatic heterocycles. The average molecular weight is 212 g/mol. The predicted molar refractivity (Wildman–Crippen MR) is 60.9 cm³/mol. The Morgan fingerprint density at radius 1 is 1.44 bits per heavy atom. The summed E-state index contributed by atoms with van der Waals surface area (Å²) in [4.78, 5) is 3.23. The molecule has 0 aliphatic carbocycles. The highest BCUT2D eigenvalue weighted by Gasteiger charge is 2.20. The van der Waals surface area contributed by atoms with Crippen molar-refractivity contribution in [2.75, 3.05) is 6.61 Å². The summed E-state index contributed by atoms with van der Waals surface area (Å²) in [6, 6.07) is 7.89. The number of nitriles is 1. The Morgan fingerprint density at radius 3 is 3.12 bits per heavy atom. The molecule has 1 atom stereocenters. The van der Waals surface area contributed by atoms with Gasteiger partial charge in [0.05, 0.1) is 17.7 Å². The van der Waals surface area contributed by atoms with Gasteiger partial charge in [-0.2, -0.15) is 5.26 Å². The van der Waals surface area contributed by atoms with Crippen molar-refractivity contribution in [3.63, 3.8) is 0 Å². The Kier molecular flexibility index (Phi) is 2.16. The molecule has 1 saturated heterocycles. The van der Waals surface area contributed by atoms with Crippen LogP contribution in [0.4, 0.5) is 0 Å². The number of hydrogen-bond acceptors (Lipinski definition) is 2. The first-order chi connectivity index (χ1) is 7.88. The van der Waals surface area contributed by atoms with Gasteiger partial charge in [0, 0.05) is 29.3 Å². The van der Waals surface area contributed by atoms with Gasteiger partial charge < -0.3 is 9.72 Å². The van der Waals surface area contributed by atoms with Gasteiger partial charge in [0.25, 0.3) is 0 Å². The second kappa shape index (κ2) is 3.66. The number of nitrogens with zero attached hydrogens (tertiary/aromatic N) is 1. The van der Waals surface area contributed by atoms with Gasteiger partial charge in [-0.05, 0) is 31.0 Å². The fourth-order valence-electron chi connectivity index (χ4n) is 2.30. The molecule has 2 heterocycles. The van der Waals surface area contributed by atoms with E-state index in [9.17, 15) is 0 Å². The van der Waals surface area contributed by atoms with Gasteiger partial charge in [0.2, 0.25) is 0 Å². The van der Waals surface area contributed by atoms with Crippen molar-refractivity contribution >= 4 is 10.9 Å². The van der Waals surface area contributed by atoms with Gasteiger partial charge in [-0.25, -0.2) is 0 Å². The normalized spacial score (nSPS) is 20.1. The molecule has 0 saturated carbocycles. The van der Waals surface area contributed by atoms with Crippen molar-refractivity contribution in [2.45, 2.75) is 18.9 Å². The molecule has 2 aromatic rings. The fourth-order valence-corrected chi connectivity index (χ4v) is 2.30. The maximum Gasteiger partial charge on any atom is 0.0991 e. The number of benzene rings is 1. The van der Waals surface area contributed by atoms with Crippen molar-refractivity contribution in [1.82, 2.24) is 4.98 Å². The van der Waals surface area contributed by atoms with E-state index in [1.165, 1.54) is 5.56 Å². The number of rotatable bonds is 1. The minimum absolute atomic E-state index is 0.197. The van der Waals surface area contributed by atoms with E-state index in [0.29, 0.717) is 5.56 Å². The molecule has 1 aliphatic rings. The summed E-state index contributed by atoms with van der Waals surface area (Å²) in [5.41, 5.74) is 2.96. The molecule has 1 aromatic heterocycles. The average Bonchev–Trinajstić information content (AvgIpc) is 2.96. The van der Waals surface area contributed by atoms with Crippen molar-refractivity contribution in [3.8, 4) is 6.07 Å². The highest BCUT2D eigenvalue weighted by molar-refractivity contribution is 5.84. The fraction of sp³-hybridized carbons (Fsp3) is 0.308. The van der Waals surface area contributed by atoms with Crippen LogP contribution >= 0.6 is 0 Å². The first-order valence-electron chi connectivity index (χ1n) is 5.51. The maximum absolute atomic E-state index is 8.90. The number of aromatic amines is 1. The molecule has 3 nitrogen and oxygen atoms in total. The summed E-state index contributed by atoms with van der Waals surface area (Å²) in [6.45, 7) is 0.843. The Hall–Kier alpha value is -1.79. The zero-order chi connectivity index (χ0) is 11.0. The Bertz CT molecular complexity index is 559. The molecule has 1 unspecified atom stereocenters. The van der Waals surface area contributed by atoms with Gasteiger partial charge >= 0.3 is 0 Å². The molecule has 3 heteroatoms. The number of H-pyrrole nitrogens is 1. The minimum Gasteiger partial charge on any atom is -0.373 e. The standard InChI is InChI=1S/C13H12N2O/c14-7-9-3-4-12-10(6-9)11(8-15-12)13-2-1-5-16-13/h3-4,6,8,13,15H,1-2,5H2. The van der Waals surface area contributed by atoms with Crippen LogP contribution in [0.1, 0.15) is 30.1 Å². The molecular formula is C13H12N2O. The first-order valence-corrected chi connectivity index (χ1v) is 5.51. The second-order valence-electron chi connectivity index (χ2n) is 4.12. The lowest BCUT2D eigenvalue weighted by Gasteiger charge is -2.07. The highest BCUT2D eigenvalue weighted by atomic mass is 16.5. The van der Waals surface area contributed by atoms with Gasteiger partial charge in [-0.1, -0.05) is 0 Å². The molecule has 1 N–H and O–H groups in total. The third kappa shape index (κ3) is 1.39. The van der Waals surface area contributed by atoms with Gasteiger partial charge in [-0.15, -0.1) is 0 Å². The Balaban J connectivity index is 2.14. The van der Waals surface area contributed by atoms with Crippen LogP contribution in [0.25, 0.3) is 10.9 Å². The Morgan fingerprint density at radius 2 is 2.38 bits per heavy atom. The summed E-state index contributed by atoms with van der Waals surface area (Å²) >= 11 is 0. The van der Waals surface area contributed by atoms with Gasteiger partial charge in [0.15, 0.2) is 0 Å². The number of fused-ring (bicyclic) bond motifs is 1. The minimum atomic E-state index is 0.197. The van der Waals surface area contributed by atoms with Crippen LogP contribution in [0, 0.1) is 11.3 Å². The van der Waals surface area contributed by atoms with Crippen LogP contribution in [0.15, 0.2) is 24.4 Å². The third-order valence-electron chi connectivity index (χ3n) is 3.12. The molecule has 3 rings (SSSR count). The van der Waals surface area contributed by atoms with Crippen molar-refractivity contribution in [1.29, 1.82) is 5.26 Å². The lowest BCUT2D eigenvalue weighted by atomic mass is 10.0. The zero-order valence-electron chi connectivity index (χ0n) is 8.86. The number of aromatic nitrogens is 1. The summed E-state index contributed by atoms with van der Waals surface area (Å²) < 4.78 is 5.68. The van der Waals surface area contributed by atoms with E-state index in [4.69, 9.17) is 10.00 Å². The smallest absolute Gasteiger partial charge is 0.0991 e. The zero-order valence-corrected chi connectivity index (χ0v) is 8.86. The van der Waals surface area contributed by atoms with Crippen LogP contribution < -0.4 is 0 Å². The summed E-state index contributed by atoms with van der Waals surface area (Å²) in [7, 11) is 0. The summed E-state index contributed by atoms with van der Waals surface area (Å²) in [5.74, 6) is 0. The number of hydrogen-bond donors (Lipinski definition) is 1. The van der Waals surface area contributed by atoms with E-state index in [1.54, 1.807) is 0 Å². The monoisotopic (exact) mass is 212 g/mol. The Labute approximate surface area is 93.6 Å². The van der Waals surface area contributed by atoms with Crippen molar-refractivity contribution in [3.05, 3.63) is 35.5 Å². The highest BCUT2D eigenvalue weighted by Crippen LogP contribution is 2.33. The van der Waals surface area contributed by atoms with E-state index < -0.39 is 0 Å². The van der Waals surface area contributed by atoms with E-state index in [0.717, 1.165) is 30.4 Å². The first kappa shape index (κ1) is 9.44. The van der Waals surface area contributed by atoms with Crippen molar-refractivity contribution in [2.24, 2.45) is 0 Å². The molecule has 1 aromatic carbocycles. The molecule has 1 fully saturated rings. The van der Waals surface area contributed by atoms with E-state index >= 15 is 0 Å².